The Labute approximate surface area is 165 Å². The summed E-state index contributed by atoms with van der Waals surface area (Å²) in [6, 6.07) is 4.76. The van der Waals surface area contributed by atoms with E-state index in [0.717, 1.165) is 16.7 Å². The second kappa shape index (κ2) is 9.27. The molecule has 0 saturated carbocycles. The number of rotatable bonds is 8. The molecule has 150 valence electrons. The minimum atomic E-state index is -0.656. The maximum absolute atomic E-state index is 12.4. The van der Waals surface area contributed by atoms with Gasteiger partial charge in [-0.25, -0.2) is 0 Å². The number of imide groups is 1. The molecule has 0 unspecified atom stereocenters. The fourth-order valence-electron chi connectivity index (χ4n) is 2.26. The lowest BCUT2D eigenvalue weighted by molar-refractivity contribution is -0.149. The van der Waals surface area contributed by atoms with E-state index < -0.39 is 29.6 Å². The minimum Gasteiger partial charge on any atom is -0.493 e. The van der Waals surface area contributed by atoms with E-state index in [0.29, 0.717) is 17.1 Å². The number of esters is 1. The maximum atomic E-state index is 12.4. The summed E-state index contributed by atoms with van der Waals surface area (Å²) in [6.07, 6.45) is 1.16. The van der Waals surface area contributed by atoms with Crippen LogP contribution in [0.15, 0.2) is 23.1 Å². The fourth-order valence-corrected chi connectivity index (χ4v) is 3.10. The van der Waals surface area contributed by atoms with Gasteiger partial charge in [-0.05, 0) is 49.4 Å². The van der Waals surface area contributed by atoms with Crippen molar-refractivity contribution in [2.24, 2.45) is 5.73 Å². The van der Waals surface area contributed by atoms with Gasteiger partial charge in [0.15, 0.2) is 18.1 Å². The predicted octanol–water partition coefficient (Wildman–Crippen LogP) is 1.55. The first-order valence-electron chi connectivity index (χ1n) is 8.25. The number of primary amides is 1. The van der Waals surface area contributed by atoms with Gasteiger partial charge in [-0.3, -0.25) is 24.1 Å². The SMILES string of the molecule is COc1cc(/C=C2/SC(=O)N(CC(=O)OC(C)C)C2=O)ccc1OCC(N)=O. The van der Waals surface area contributed by atoms with Gasteiger partial charge in [0.05, 0.1) is 18.1 Å². The molecule has 0 atom stereocenters. The smallest absolute Gasteiger partial charge is 0.326 e. The van der Waals surface area contributed by atoms with Crippen LogP contribution in [0.5, 0.6) is 11.5 Å². The van der Waals surface area contributed by atoms with Gasteiger partial charge >= 0.3 is 5.97 Å². The largest absolute Gasteiger partial charge is 0.493 e. The van der Waals surface area contributed by atoms with Crippen LogP contribution < -0.4 is 15.2 Å². The first kappa shape index (κ1) is 21.3. The van der Waals surface area contributed by atoms with E-state index in [9.17, 15) is 19.2 Å². The van der Waals surface area contributed by atoms with E-state index in [-0.39, 0.29) is 17.6 Å². The molecule has 0 aromatic heterocycles. The molecule has 1 aliphatic rings. The number of hydrogen-bond donors (Lipinski definition) is 1. The van der Waals surface area contributed by atoms with E-state index in [1.807, 2.05) is 0 Å². The highest BCUT2D eigenvalue weighted by Gasteiger charge is 2.36. The van der Waals surface area contributed by atoms with Crippen molar-refractivity contribution >= 4 is 40.9 Å². The molecule has 1 aromatic carbocycles. The van der Waals surface area contributed by atoms with Crippen LogP contribution in [-0.2, 0) is 19.1 Å². The minimum absolute atomic E-state index is 0.162. The molecule has 10 heteroatoms. The van der Waals surface area contributed by atoms with Crippen LogP contribution in [0.2, 0.25) is 0 Å². The standard InChI is InChI=1S/C18H20N2O7S/c1-10(2)27-16(22)8-20-17(23)14(28-18(20)24)7-11-4-5-12(13(6-11)25-3)26-9-15(19)21/h4-7,10H,8-9H2,1-3H3,(H2,19,21)/b14-7+. The van der Waals surface area contributed by atoms with Crippen molar-refractivity contribution in [2.75, 3.05) is 20.3 Å². The number of benzene rings is 1. The third kappa shape index (κ3) is 5.49. The van der Waals surface area contributed by atoms with E-state index in [1.165, 1.54) is 13.2 Å². The zero-order chi connectivity index (χ0) is 20.8. The summed E-state index contributed by atoms with van der Waals surface area (Å²) in [4.78, 5) is 48.1. The second-order valence-electron chi connectivity index (χ2n) is 5.97. The van der Waals surface area contributed by atoms with Crippen LogP contribution in [0.4, 0.5) is 4.79 Å². The molecule has 28 heavy (non-hydrogen) atoms. The Balaban J connectivity index is 2.16. The average molecular weight is 408 g/mol. The number of nitrogens with zero attached hydrogens (tertiary/aromatic N) is 1. The lowest BCUT2D eigenvalue weighted by Crippen LogP contribution is -2.35. The van der Waals surface area contributed by atoms with Crippen LogP contribution in [0.3, 0.4) is 0 Å². The monoisotopic (exact) mass is 408 g/mol. The summed E-state index contributed by atoms with van der Waals surface area (Å²) < 4.78 is 15.4. The number of methoxy groups -OCH3 is 1. The highest BCUT2D eigenvalue weighted by molar-refractivity contribution is 8.18. The van der Waals surface area contributed by atoms with Crippen molar-refractivity contribution in [1.29, 1.82) is 0 Å². The average Bonchev–Trinajstić information content (AvgIpc) is 2.87. The molecule has 0 aliphatic carbocycles. The van der Waals surface area contributed by atoms with Crippen molar-refractivity contribution in [3.8, 4) is 11.5 Å². The summed E-state index contributed by atoms with van der Waals surface area (Å²) in [6.45, 7) is 2.61. The van der Waals surface area contributed by atoms with Gasteiger partial charge in [-0.2, -0.15) is 0 Å². The van der Waals surface area contributed by atoms with E-state index in [1.54, 1.807) is 32.0 Å². The molecule has 1 saturated heterocycles. The highest BCUT2D eigenvalue weighted by atomic mass is 32.2. The lowest BCUT2D eigenvalue weighted by Gasteiger charge is -2.13. The molecular formula is C18H20N2O7S. The van der Waals surface area contributed by atoms with Crippen molar-refractivity contribution in [3.63, 3.8) is 0 Å². The first-order valence-corrected chi connectivity index (χ1v) is 9.07. The van der Waals surface area contributed by atoms with E-state index in [2.05, 4.69) is 0 Å². The van der Waals surface area contributed by atoms with Crippen molar-refractivity contribution in [2.45, 2.75) is 20.0 Å². The quantitative estimate of drug-likeness (QED) is 0.507. The highest BCUT2D eigenvalue weighted by Crippen LogP contribution is 2.34. The van der Waals surface area contributed by atoms with Crippen LogP contribution in [0.25, 0.3) is 6.08 Å². The van der Waals surface area contributed by atoms with Gasteiger partial charge in [-0.15, -0.1) is 0 Å². The second-order valence-corrected chi connectivity index (χ2v) is 6.96. The van der Waals surface area contributed by atoms with Crippen LogP contribution in [-0.4, -0.2) is 54.3 Å². The van der Waals surface area contributed by atoms with Gasteiger partial charge in [0.2, 0.25) is 0 Å². The number of carbonyl (C=O) groups is 4. The molecule has 9 nitrogen and oxygen atoms in total. The first-order chi connectivity index (χ1) is 13.2. The molecular weight excluding hydrogens is 388 g/mol. The number of nitrogens with two attached hydrogens (primary N) is 1. The Morgan fingerprint density at radius 2 is 1.96 bits per heavy atom. The van der Waals surface area contributed by atoms with E-state index >= 15 is 0 Å². The third-order valence-electron chi connectivity index (χ3n) is 3.38. The summed E-state index contributed by atoms with van der Waals surface area (Å²) >= 11 is 0.727. The zero-order valence-corrected chi connectivity index (χ0v) is 16.4. The van der Waals surface area contributed by atoms with Gasteiger partial charge in [0.1, 0.15) is 6.54 Å². The van der Waals surface area contributed by atoms with Crippen molar-refractivity contribution in [3.05, 3.63) is 28.7 Å². The van der Waals surface area contributed by atoms with Crippen molar-refractivity contribution in [1.82, 2.24) is 4.90 Å². The zero-order valence-electron chi connectivity index (χ0n) is 15.6. The molecule has 2 N–H and O–H groups in total. The van der Waals surface area contributed by atoms with Crippen LogP contribution in [0.1, 0.15) is 19.4 Å². The van der Waals surface area contributed by atoms with Crippen LogP contribution >= 0.6 is 11.8 Å². The number of ether oxygens (including phenoxy) is 3. The van der Waals surface area contributed by atoms with Crippen molar-refractivity contribution < 1.29 is 33.4 Å². The molecule has 0 spiro atoms. The molecule has 1 heterocycles. The fraction of sp³-hybridized carbons (Fsp3) is 0.333. The Kier molecular flexibility index (Phi) is 7.05. The molecule has 1 aromatic rings. The molecule has 1 aliphatic heterocycles. The summed E-state index contributed by atoms with van der Waals surface area (Å²) in [5, 5.41) is -0.551. The van der Waals surface area contributed by atoms with Gasteiger partial charge in [0.25, 0.3) is 17.1 Å². The Bertz CT molecular complexity index is 835. The number of hydrogen-bond acceptors (Lipinski definition) is 8. The number of thioether (sulfide) groups is 1. The van der Waals surface area contributed by atoms with Gasteiger partial charge < -0.3 is 19.9 Å². The lowest BCUT2D eigenvalue weighted by atomic mass is 10.2. The summed E-state index contributed by atoms with van der Waals surface area (Å²) in [5.41, 5.74) is 5.62. The number of carbonyl (C=O) groups excluding carboxylic acids is 4. The maximum Gasteiger partial charge on any atom is 0.326 e. The molecule has 3 amide bonds. The summed E-state index contributed by atoms with van der Waals surface area (Å²) in [7, 11) is 1.42. The number of amides is 3. The normalized spacial score (nSPS) is 15.3. The molecule has 0 radical (unpaired) electrons. The molecule has 1 fully saturated rings. The van der Waals surface area contributed by atoms with E-state index in [4.69, 9.17) is 19.9 Å². The molecule has 2 rings (SSSR count). The summed E-state index contributed by atoms with van der Waals surface area (Å²) in [5.74, 6) is -1.23. The Morgan fingerprint density at radius 1 is 1.25 bits per heavy atom. The third-order valence-corrected chi connectivity index (χ3v) is 4.29. The van der Waals surface area contributed by atoms with Gasteiger partial charge in [0, 0.05) is 0 Å². The van der Waals surface area contributed by atoms with Gasteiger partial charge in [-0.1, -0.05) is 6.07 Å². The topological polar surface area (TPSA) is 125 Å². The Hall–Kier alpha value is -3.01. The van der Waals surface area contributed by atoms with Crippen LogP contribution in [0, 0.1) is 0 Å². The molecule has 0 bridgehead atoms. The Morgan fingerprint density at radius 3 is 2.57 bits per heavy atom. The predicted molar refractivity (Wildman–Crippen MR) is 102 cm³/mol.